The molecule has 118 valence electrons. The summed E-state index contributed by atoms with van der Waals surface area (Å²) in [6.07, 6.45) is 0.430. The molecule has 0 atom stereocenters. The van der Waals surface area contributed by atoms with Gasteiger partial charge < -0.3 is 15.5 Å². The van der Waals surface area contributed by atoms with Gasteiger partial charge in [-0.15, -0.1) is 0 Å². The molecule has 0 radical (unpaired) electrons. The molecule has 0 aromatic heterocycles. The molecule has 2 aliphatic rings. The van der Waals surface area contributed by atoms with Crippen molar-refractivity contribution in [3.8, 4) is 0 Å². The fourth-order valence-electron chi connectivity index (χ4n) is 2.49. The summed E-state index contributed by atoms with van der Waals surface area (Å²) in [5.41, 5.74) is -0.559. The lowest BCUT2D eigenvalue weighted by atomic mass is 10.0. The summed E-state index contributed by atoms with van der Waals surface area (Å²) in [7, 11) is 0. The van der Waals surface area contributed by atoms with Crippen LogP contribution in [-0.2, 0) is 4.79 Å². The van der Waals surface area contributed by atoms with Gasteiger partial charge in [-0.3, -0.25) is 4.79 Å². The summed E-state index contributed by atoms with van der Waals surface area (Å²) in [4.78, 5) is 13.4. The van der Waals surface area contributed by atoms with E-state index in [1.807, 2.05) is 11.8 Å². The lowest BCUT2D eigenvalue weighted by Gasteiger charge is -2.36. The van der Waals surface area contributed by atoms with Crippen LogP contribution in [0.5, 0.6) is 0 Å². The zero-order valence-corrected chi connectivity index (χ0v) is 12.0. The van der Waals surface area contributed by atoms with Gasteiger partial charge in [0.25, 0.3) is 0 Å². The smallest absolute Gasteiger partial charge is 0.368 e. The van der Waals surface area contributed by atoms with Crippen LogP contribution in [0.1, 0.15) is 26.2 Å². The molecule has 4 nitrogen and oxygen atoms in total. The summed E-state index contributed by atoms with van der Waals surface area (Å²) >= 11 is 0. The number of hydrogen-bond donors (Lipinski definition) is 2. The number of dihydropyridines is 1. The molecule has 2 aliphatic heterocycles. The molecule has 0 unspecified atom stereocenters. The van der Waals surface area contributed by atoms with Crippen LogP contribution in [-0.4, -0.2) is 42.7 Å². The molecular formula is C14H20F3N3O. The van der Waals surface area contributed by atoms with Gasteiger partial charge in [-0.2, -0.15) is 13.2 Å². The highest BCUT2D eigenvalue weighted by atomic mass is 19.4. The van der Waals surface area contributed by atoms with Crippen LogP contribution in [0, 0.1) is 0 Å². The van der Waals surface area contributed by atoms with Crippen molar-refractivity contribution >= 4 is 5.91 Å². The zero-order chi connectivity index (χ0) is 15.5. The van der Waals surface area contributed by atoms with Gasteiger partial charge in [0.05, 0.1) is 5.57 Å². The number of carbonyl (C=O) groups is 1. The largest absolute Gasteiger partial charge is 0.414 e. The van der Waals surface area contributed by atoms with Gasteiger partial charge in [0, 0.05) is 32.1 Å². The number of nitrogens with one attached hydrogen (secondary N) is 2. The molecule has 0 aromatic carbocycles. The van der Waals surface area contributed by atoms with Gasteiger partial charge in [-0.25, -0.2) is 0 Å². The highest BCUT2D eigenvalue weighted by Crippen LogP contribution is 2.27. The maximum Gasteiger partial charge on any atom is 0.414 e. The maximum atomic E-state index is 12.5. The lowest BCUT2D eigenvalue weighted by Crippen LogP contribution is -2.46. The van der Waals surface area contributed by atoms with E-state index in [9.17, 15) is 18.0 Å². The molecule has 2 heterocycles. The van der Waals surface area contributed by atoms with Crippen LogP contribution >= 0.6 is 0 Å². The summed E-state index contributed by atoms with van der Waals surface area (Å²) in [6, 6.07) is 0.166. The van der Waals surface area contributed by atoms with E-state index >= 15 is 0 Å². The predicted molar refractivity (Wildman–Crippen MR) is 73.3 cm³/mol. The molecule has 2 rings (SSSR count). The van der Waals surface area contributed by atoms with E-state index in [0.29, 0.717) is 6.42 Å². The van der Waals surface area contributed by atoms with E-state index in [1.165, 1.54) is 6.08 Å². The second-order valence-electron chi connectivity index (χ2n) is 5.28. The average Bonchev–Trinajstić information content (AvgIpc) is 2.47. The normalized spacial score (nSPS) is 20.5. The topological polar surface area (TPSA) is 44.4 Å². The van der Waals surface area contributed by atoms with Crippen LogP contribution in [0.2, 0.25) is 0 Å². The number of amides is 1. The third-order valence-corrected chi connectivity index (χ3v) is 3.79. The molecule has 0 saturated carbocycles. The average molecular weight is 303 g/mol. The van der Waals surface area contributed by atoms with Gasteiger partial charge >= 0.3 is 6.18 Å². The third-order valence-electron chi connectivity index (χ3n) is 3.79. The minimum absolute atomic E-state index is 0.0428. The maximum absolute atomic E-state index is 12.5. The second kappa shape index (κ2) is 6.41. The fraction of sp³-hybridized carbons (Fsp3) is 0.643. The van der Waals surface area contributed by atoms with Gasteiger partial charge in [0.15, 0.2) is 0 Å². The van der Waals surface area contributed by atoms with Crippen LogP contribution < -0.4 is 10.6 Å². The first-order valence-electron chi connectivity index (χ1n) is 7.16. The van der Waals surface area contributed by atoms with Crippen molar-refractivity contribution in [1.29, 1.82) is 0 Å². The third kappa shape index (κ3) is 4.15. The Morgan fingerprint density at radius 1 is 1.38 bits per heavy atom. The van der Waals surface area contributed by atoms with E-state index in [0.717, 1.165) is 37.8 Å². The van der Waals surface area contributed by atoms with Crippen molar-refractivity contribution in [2.45, 2.75) is 38.4 Å². The predicted octanol–water partition coefficient (Wildman–Crippen LogP) is 1.91. The van der Waals surface area contributed by atoms with Gasteiger partial charge in [-0.1, -0.05) is 6.92 Å². The van der Waals surface area contributed by atoms with Gasteiger partial charge in [-0.05, 0) is 25.0 Å². The van der Waals surface area contributed by atoms with Gasteiger partial charge in [0.1, 0.15) is 5.82 Å². The Morgan fingerprint density at radius 2 is 2.05 bits per heavy atom. The van der Waals surface area contributed by atoms with Gasteiger partial charge in [0.2, 0.25) is 5.91 Å². The van der Waals surface area contributed by atoms with E-state index in [4.69, 9.17) is 0 Å². The Morgan fingerprint density at radius 3 is 2.52 bits per heavy atom. The van der Waals surface area contributed by atoms with E-state index in [2.05, 4.69) is 10.6 Å². The van der Waals surface area contributed by atoms with Crippen molar-refractivity contribution in [3.63, 3.8) is 0 Å². The number of allylic oxidation sites excluding steroid dienone is 2. The molecule has 7 heteroatoms. The highest BCUT2D eigenvalue weighted by molar-refractivity contribution is 5.75. The minimum atomic E-state index is -4.27. The van der Waals surface area contributed by atoms with E-state index in [1.54, 1.807) is 0 Å². The molecule has 0 aromatic rings. The molecule has 2 N–H and O–H groups in total. The first-order chi connectivity index (χ1) is 9.90. The minimum Gasteiger partial charge on any atom is -0.368 e. The quantitative estimate of drug-likeness (QED) is 0.837. The summed E-state index contributed by atoms with van der Waals surface area (Å²) in [5.74, 6) is 0.768. The van der Waals surface area contributed by atoms with Crippen molar-refractivity contribution in [1.82, 2.24) is 15.5 Å². The molecular weight excluding hydrogens is 283 g/mol. The van der Waals surface area contributed by atoms with Crippen LogP contribution in [0.25, 0.3) is 0 Å². The number of halogens is 3. The monoisotopic (exact) mass is 303 g/mol. The first-order valence-corrected chi connectivity index (χ1v) is 7.16. The molecule has 1 fully saturated rings. The molecule has 0 aliphatic carbocycles. The Kier molecular flexibility index (Phi) is 4.80. The number of hydrogen-bond acceptors (Lipinski definition) is 3. The van der Waals surface area contributed by atoms with E-state index in [-0.39, 0.29) is 18.5 Å². The number of piperidine rings is 1. The molecule has 21 heavy (non-hydrogen) atoms. The number of likely N-dealkylation sites (tertiary alicyclic amines) is 1. The summed E-state index contributed by atoms with van der Waals surface area (Å²) in [5, 5.41) is 5.78. The summed E-state index contributed by atoms with van der Waals surface area (Å²) in [6.45, 7) is 3.07. The zero-order valence-electron chi connectivity index (χ0n) is 12.0. The second-order valence-corrected chi connectivity index (χ2v) is 5.28. The summed E-state index contributed by atoms with van der Waals surface area (Å²) < 4.78 is 37.6. The van der Waals surface area contributed by atoms with Crippen molar-refractivity contribution in [2.75, 3.05) is 19.6 Å². The first kappa shape index (κ1) is 15.7. The van der Waals surface area contributed by atoms with Crippen LogP contribution in [0.15, 0.2) is 23.5 Å². The number of carbonyl (C=O) groups excluding carboxylic acids is 1. The SMILES string of the molecule is CCC(=O)NC1CCN(C2=CC=C(C(F)(F)F)CN2)CC1. The van der Waals surface area contributed by atoms with Crippen molar-refractivity contribution in [2.24, 2.45) is 0 Å². The molecule has 1 amide bonds. The van der Waals surface area contributed by atoms with E-state index < -0.39 is 11.7 Å². The fourth-order valence-corrected chi connectivity index (χ4v) is 2.49. The number of nitrogens with zero attached hydrogens (tertiary/aromatic N) is 1. The Bertz CT molecular complexity index is 449. The Balaban J connectivity index is 1.87. The highest BCUT2D eigenvalue weighted by Gasteiger charge is 2.34. The molecule has 1 saturated heterocycles. The Hall–Kier alpha value is -1.66. The van der Waals surface area contributed by atoms with Crippen molar-refractivity contribution < 1.29 is 18.0 Å². The molecule has 0 bridgehead atoms. The van der Waals surface area contributed by atoms with Crippen LogP contribution in [0.4, 0.5) is 13.2 Å². The number of rotatable bonds is 3. The lowest BCUT2D eigenvalue weighted by molar-refractivity contribution is -0.121. The standard InChI is InChI=1S/C14H20F3N3O/c1-2-13(21)19-11-5-7-20(8-6-11)12-4-3-10(9-18-12)14(15,16)17/h3-4,11,18H,2,5-9H2,1H3,(H,19,21). The van der Waals surface area contributed by atoms with Crippen molar-refractivity contribution in [3.05, 3.63) is 23.5 Å². The molecule has 0 spiro atoms. The Labute approximate surface area is 122 Å². The number of alkyl halides is 3. The van der Waals surface area contributed by atoms with Crippen LogP contribution in [0.3, 0.4) is 0 Å².